The number of carbonyl (C=O) groups is 2. The van der Waals surface area contributed by atoms with Crippen LogP contribution < -0.4 is 0 Å². The highest BCUT2D eigenvalue weighted by molar-refractivity contribution is 5.49. The summed E-state index contributed by atoms with van der Waals surface area (Å²) in [6.07, 6.45) is 0.431. The molecule has 0 spiro atoms. The lowest BCUT2D eigenvalue weighted by Crippen LogP contribution is -1.75. The summed E-state index contributed by atoms with van der Waals surface area (Å²) < 4.78 is 0. The Hall–Kier alpha value is -0.900. The van der Waals surface area contributed by atoms with Gasteiger partial charge in [-0.05, 0) is 0 Å². The maximum atomic E-state index is 8.92. The van der Waals surface area contributed by atoms with Gasteiger partial charge in [0.25, 0.3) is 6.47 Å². The number of aliphatic hydroxyl groups excluding tert-OH is 1. The van der Waals surface area contributed by atoms with Crippen molar-refractivity contribution in [3.63, 3.8) is 0 Å². The van der Waals surface area contributed by atoms with E-state index in [-0.39, 0.29) is 13.1 Å². The van der Waals surface area contributed by atoms with Gasteiger partial charge in [-0.1, -0.05) is 0 Å². The van der Waals surface area contributed by atoms with Gasteiger partial charge < -0.3 is 15.0 Å². The number of carbonyl (C=O) groups excluding carboxylic acids is 1. The van der Waals surface area contributed by atoms with Gasteiger partial charge in [-0.25, -0.2) is 0 Å². The van der Waals surface area contributed by atoms with E-state index in [1.807, 2.05) is 0 Å². The van der Waals surface area contributed by atoms with E-state index >= 15 is 0 Å². The third-order valence-electron chi connectivity index (χ3n) is 0.0745. The molecule has 0 atom stereocenters. The van der Waals surface area contributed by atoms with Gasteiger partial charge in [-0.15, -0.1) is 0 Å². The molecule has 42 valence electrons. The van der Waals surface area contributed by atoms with Crippen molar-refractivity contribution in [3.05, 3.63) is 0 Å². The highest BCUT2D eigenvalue weighted by Gasteiger charge is 1.53. The van der Waals surface area contributed by atoms with E-state index in [0.29, 0.717) is 6.29 Å². The van der Waals surface area contributed by atoms with Crippen molar-refractivity contribution in [2.24, 2.45) is 0 Å². The summed E-state index contributed by atoms with van der Waals surface area (Å²) in [7, 11) is 0. The van der Waals surface area contributed by atoms with E-state index in [2.05, 4.69) is 0 Å². The minimum absolute atomic E-state index is 0.250. The summed E-state index contributed by atoms with van der Waals surface area (Å²) in [5.41, 5.74) is 0. The average molecular weight is 106 g/mol. The van der Waals surface area contributed by atoms with Crippen LogP contribution >= 0.6 is 0 Å². The van der Waals surface area contributed by atoms with Gasteiger partial charge in [-0.2, -0.15) is 0 Å². The first kappa shape index (κ1) is 9.44. The van der Waals surface area contributed by atoms with E-state index in [1.54, 1.807) is 0 Å². The van der Waals surface area contributed by atoms with Crippen molar-refractivity contribution in [1.29, 1.82) is 0 Å². The number of hydrogen-bond acceptors (Lipinski definition) is 3. The first-order chi connectivity index (χ1) is 3.33. The fraction of sp³-hybridized carbons (Fsp3) is 0.333. The van der Waals surface area contributed by atoms with Gasteiger partial charge >= 0.3 is 0 Å². The Balaban J connectivity index is 0. The molecular weight excluding hydrogens is 100 g/mol. The van der Waals surface area contributed by atoms with Gasteiger partial charge in [0.05, 0.1) is 6.61 Å². The monoisotopic (exact) mass is 106 g/mol. The molecule has 2 N–H and O–H groups in total. The van der Waals surface area contributed by atoms with Crippen LogP contribution in [-0.2, 0) is 9.59 Å². The molecule has 0 aliphatic heterocycles. The molecule has 0 radical (unpaired) electrons. The number of aldehydes is 1. The Bertz CT molecular complexity index is 42.2. The SMILES string of the molecule is O=CCO.O=CO. The van der Waals surface area contributed by atoms with Crippen molar-refractivity contribution in [2.45, 2.75) is 0 Å². The van der Waals surface area contributed by atoms with Crippen LogP contribution in [0.25, 0.3) is 0 Å². The Morgan fingerprint density at radius 1 is 1.43 bits per heavy atom. The largest absolute Gasteiger partial charge is 0.483 e. The fourth-order valence-corrected chi connectivity index (χ4v) is 0. The van der Waals surface area contributed by atoms with Gasteiger partial charge in [0.1, 0.15) is 6.29 Å². The van der Waals surface area contributed by atoms with Crippen LogP contribution in [0.3, 0.4) is 0 Å². The molecule has 0 aliphatic carbocycles. The molecule has 4 heteroatoms. The Morgan fingerprint density at radius 3 is 1.57 bits per heavy atom. The Kier molecular flexibility index (Phi) is 26.2. The maximum Gasteiger partial charge on any atom is 0.290 e. The van der Waals surface area contributed by atoms with E-state index < -0.39 is 0 Å². The standard InChI is InChI=1S/C2H4O2.CH2O2/c3-1-2-4;2-1-3/h1,4H,2H2;1H,(H,2,3). The van der Waals surface area contributed by atoms with Crippen molar-refractivity contribution in [1.82, 2.24) is 0 Å². The Morgan fingerprint density at radius 2 is 1.57 bits per heavy atom. The summed E-state index contributed by atoms with van der Waals surface area (Å²) in [6.45, 7) is -0.611. The van der Waals surface area contributed by atoms with Gasteiger partial charge in [0, 0.05) is 0 Å². The van der Waals surface area contributed by atoms with Crippen molar-refractivity contribution in [3.8, 4) is 0 Å². The van der Waals surface area contributed by atoms with E-state index in [0.717, 1.165) is 0 Å². The zero-order valence-electron chi connectivity index (χ0n) is 3.57. The normalized spacial score (nSPS) is 5.29. The first-order valence-corrected chi connectivity index (χ1v) is 1.45. The molecule has 0 saturated carbocycles. The molecule has 0 aromatic carbocycles. The van der Waals surface area contributed by atoms with Crippen LogP contribution in [0.15, 0.2) is 0 Å². The summed E-state index contributed by atoms with van der Waals surface area (Å²) in [5.74, 6) is 0. The first-order valence-electron chi connectivity index (χ1n) is 1.45. The fourth-order valence-electron chi connectivity index (χ4n) is 0. The lowest BCUT2D eigenvalue weighted by Gasteiger charge is -1.54. The minimum atomic E-state index is -0.361. The molecule has 0 unspecified atom stereocenters. The average Bonchev–Trinajstić information content (AvgIpc) is 1.69. The molecule has 0 heterocycles. The lowest BCUT2D eigenvalue weighted by molar-refractivity contribution is -0.122. The molecule has 0 aromatic rings. The van der Waals surface area contributed by atoms with Crippen LogP contribution in [0.5, 0.6) is 0 Å². The summed E-state index contributed by atoms with van der Waals surface area (Å²) in [6, 6.07) is 0. The van der Waals surface area contributed by atoms with Crippen LogP contribution in [-0.4, -0.2) is 29.6 Å². The second kappa shape index (κ2) is 19.4. The highest BCUT2D eigenvalue weighted by atomic mass is 16.3. The molecule has 0 rings (SSSR count). The van der Waals surface area contributed by atoms with Crippen molar-refractivity contribution < 1.29 is 19.8 Å². The van der Waals surface area contributed by atoms with Crippen molar-refractivity contribution >= 4 is 12.8 Å². The predicted molar refractivity (Wildman–Crippen MR) is 21.8 cm³/mol. The van der Waals surface area contributed by atoms with Crippen LogP contribution in [0, 0.1) is 0 Å². The third-order valence-corrected chi connectivity index (χ3v) is 0.0745. The quantitative estimate of drug-likeness (QED) is 0.415. The van der Waals surface area contributed by atoms with E-state index in [9.17, 15) is 0 Å². The van der Waals surface area contributed by atoms with E-state index in [1.165, 1.54) is 0 Å². The predicted octanol–water partition coefficient (Wildman–Crippen LogP) is -1.12. The number of carboxylic acid groups (broad SMARTS) is 1. The zero-order valence-corrected chi connectivity index (χ0v) is 3.57. The topological polar surface area (TPSA) is 74.6 Å². The van der Waals surface area contributed by atoms with E-state index in [4.69, 9.17) is 19.8 Å². The smallest absolute Gasteiger partial charge is 0.290 e. The molecule has 0 bridgehead atoms. The zero-order chi connectivity index (χ0) is 6.12. The van der Waals surface area contributed by atoms with Gasteiger partial charge in [-0.3, -0.25) is 4.79 Å². The summed E-state index contributed by atoms with van der Waals surface area (Å²) >= 11 is 0. The van der Waals surface area contributed by atoms with Crippen LogP contribution in [0.4, 0.5) is 0 Å². The number of aliphatic hydroxyl groups is 1. The molecule has 7 heavy (non-hydrogen) atoms. The molecule has 0 aliphatic rings. The molecular formula is C3H6O4. The van der Waals surface area contributed by atoms with Gasteiger partial charge in [0.2, 0.25) is 0 Å². The molecule has 0 amide bonds. The van der Waals surface area contributed by atoms with Gasteiger partial charge in [0.15, 0.2) is 0 Å². The number of rotatable bonds is 1. The van der Waals surface area contributed by atoms with Crippen LogP contribution in [0.2, 0.25) is 0 Å². The summed E-state index contributed by atoms with van der Waals surface area (Å²) in [4.78, 5) is 17.3. The molecule has 0 fully saturated rings. The minimum Gasteiger partial charge on any atom is -0.483 e. The molecule has 0 saturated heterocycles. The second-order valence-corrected chi connectivity index (χ2v) is 0.455. The number of hydrogen-bond donors (Lipinski definition) is 2. The van der Waals surface area contributed by atoms with Crippen LogP contribution in [0.1, 0.15) is 0 Å². The third kappa shape index (κ3) is 4900. The molecule has 0 aromatic heterocycles. The Labute approximate surface area is 40.4 Å². The second-order valence-electron chi connectivity index (χ2n) is 0.455. The molecule has 4 nitrogen and oxygen atoms in total. The van der Waals surface area contributed by atoms with Crippen molar-refractivity contribution in [2.75, 3.05) is 6.61 Å². The maximum absolute atomic E-state index is 8.92. The highest BCUT2D eigenvalue weighted by Crippen LogP contribution is 1.27. The lowest BCUT2D eigenvalue weighted by atomic mass is 10.9. The summed E-state index contributed by atoms with van der Waals surface area (Å²) in [5, 5.41) is 14.4.